The third-order valence-corrected chi connectivity index (χ3v) is 3.56. The van der Waals surface area contributed by atoms with Crippen molar-refractivity contribution in [1.82, 2.24) is 20.4 Å². The Bertz CT molecular complexity index is 317. The van der Waals surface area contributed by atoms with Crippen molar-refractivity contribution in [2.75, 3.05) is 45.8 Å². The molecule has 2 fully saturated rings. The zero-order valence-electron chi connectivity index (χ0n) is 10.9. The molecule has 0 radical (unpaired) electrons. The summed E-state index contributed by atoms with van der Waals surface area (Å²) in [6, 6.07) is -0.219. The van der Waals surface area contributed by atoms with Gasteiger partial charge in [0.1, 0.15) is 6.04 Å². The highest BCUT2D eigenvalue weighted by Gasteiger charge is 2.31. The molecular formula is C12H22N4O2. The van der Waals surface area contributed by atoms with Gasteiger partial charge in [0.05, 0.1) is 6.54 Å². The summed E-state index contributed by atoms with van der Waals surface area (Å²) in [6.45, 7) is 6.85. The molecule has 102 valence electrons. The van der Waals surface area contributed by atoms with E-state index in [0.717, 1.165) is 32.6 Å². The van der Waals surface area contributed by atoms with Gasteiger partial charge in [-0.3, -0.25) is 14.5 Å². The van der Waals surface area contributed by atoms with Crippen LogP contribution in [0.1, 0.15) is 13.3 Å². The highest BCUT2D eigenvalue weighted by atomic mass is 16.2. The number of hydrogen-bond donors (Lipinski definition) is 2. The molecule has 1 atom stereocenters. The van der Waals surface area contributed by atoms with E-state index in [4.69, 9.17) is 0 Å². The van der Waals surface area contributed by atoms with Crippen molar-refractivity contribution in [3.8, 4) is 0 Å². The minimum atomic E-state index is -0.219. The summed E-state index contributed by atoms with van der Waals surface area (Å²) in [5.74, 6) is 0.165. The van der Waals surface area contributed by atoms with Gasteiger partial charge in [-0.25, -0.2) is 0 Å². The van der Waals surface area contributed by atoms with Gasteiger partial charge in [-0.15, -0.1) is 0 Å². The largest absolute Gasteiger partial charge is 0.355 e. The van der Waals surface area contributed by atoms with Crippen LogP contribution in [0.25, 0.3) is 0 Å². The predicted molar refractivity (Wildman–Crippen MR) is 68.1 cm³/mol. The molecule has 0 aromatic heterocycles. The number of rotatable bonds is 4. The third kappa shape index (κ3) is 3.00. The van der Waals surface area contributed by atoms with Gasteiger partial charge in [-0.05, 0) is 13.3 Å². The number of piperazine rings is 1. The molecule has 0 spiro atoms. The van der Waals surface area contributed by atoms with E-state index in [1.54, 1.807) is 0 Å². The molecule has 0 aromatic carbocycles. The van der Waals surface area contributed by atoms with E-state index in [1.807, 2.05) is 16.7 Å². The van der Waals surface area contributed by atoms with Crippen molar-refractivity contribution in [3.63, 3.8) is 0 Å². The van der Waals surface area contributed by atoms with Gasteiger partial charge in [0.2, 0.25) is 11.8 Å². The Kier molecular flexibility index (Phi) is 4.54. The fourth-order valence-electron chi connectivity index (χ4n) is 2.33. The van der Waals surface area contributed by atoms with E-state index in [0.29, 0.717) is 19.6 Å². The monoisotopic (exact) mass is 254 g/mol. The zero-order chi connectivity index (χ0) is 13.0. The molecule has 18 heavy (non-hydrogen) atoms. The van der Waals surface area contributed by atoms with Crippen molar-refractivity contribution in [2.45, 2.75) is 19.4 Å². The lowest BCUT2D eigenvalue weighted by molar-refractivity contribution is -0.138. The molecule has 6 nitrogen and oxygen atoms in total. The van der Waals surface area contributed by atoms with Crippen LogP contribution in [0.5, 0.6) is 0 Å². The molecule has 2 saturated heterocycles. The van der Waals surface area contributed by atoms with Gasteiger partial charge >= 0.3 is 0 Å². The number of nitrogens with zero attached hydrogens (tertiary/aromatic N) is 2. The molecule has 0 aliphatic carbocycles. The van der Waals surface area contributed by atoms with Gasteiger partial charge in [0.25, 0.3) is 0 Å². The molecule has 2 heterocycles. The summed E-state index contributed by atoms with van der Waals surface area (Å²) in [6.07, 6.45) is 1.10. The summed E-state index contributed by atoms with van der Waals surface area (Å²) in [4.78, 5) is 27.7. The van der Waals surface area contributed by atoms with Crippen molar-refractivity contribution < 1.29 is 9.59 Å². The van der Waals surface area contributed by atoms with Gasteiger partial charge in [-0.2, -0.15) is 0 Å². The first-order valence-electron chi connectivity index (χ1n) is 6.72. The molecule has 0 aromatic rings. The second-order valence-corrected chi connectivity index (χ2v) is 4.82. The normalized spacial score (nSPS) is 24.5. The Balaban J connectivity index is 1.90. The van der Waals surface area contributed by atoms with Crippen molar-refractivity contribution >= 4 is 11.8 Å². The Morgan fingerprint density at radius 2 is 2.11 bits per heavy atom. The standard InChI is InChI=1S/C12H22N4O2/c1-2-14-12(18)10-8-13-4-7-16(10)9-11(17)15-5-3-6-15/h10,13H,2-9H2,1H3,(H,14,18). The smallest absolute Gasteiger partial charge is 0.238 e. The van der Waals surface area contributed by atoms with Crippen LogP contribution in [0, 0.1) is 0 Å². The fourth-order valence-corrected chi connectivity index (χ4v) is 2.33. The topological polar surface area (TPSA) is 64.7 Å². The number of likely N-dealkylation sites (tertiary alicyclic amines) is 1. The number of hydrogen-bond acceptors (Lipinski definition) is 4. The van der Waals surface area contributed by atoms with E-state index < -0.39 is 0 Å². The number of nitrogens with one attached hydrogen (secondary N) is 2. The van der Waals surface area contributed by atoms with E-state index in [9.17, 15) is 9.59 Å². The highest BCUT2D eigenvalue weighted by Crippen LogP contribution is 2.09. The lowest BCUT2D eigenvalue weighted by atomic mass is 10.1. The summed E-state index contributed by atoms with van der Waals surface area (Å²) in [5, 5.41) is 6.04. The molecule has 2 N–H and O–H groups in total. The van der Waals surface area contributed by atoms with Gasteiger partial charge < -0.3 is 15.5 Å². The lowest BCUT2D eigenvalue weighted by Crippen LogP contribution is -2.60. The first-order valence-corrected chi connectivity index (χ1v) is 6.72. The molecule has 0 saturated carbocycles. The minimum Gasteiger partial charge on any atom is -0.355 e. The molecule has 2 aliphatic rings. The molecular weight excluding hydrogens is 232 g/mol. The van der Waals surface area contributed by atoms with Gasteiger partial charge in [-0.1, -0.05) is 0 Å². The van der Waals surface area contributed by atoms with E-state index in [1.165, 1.54) is 0 Å². The van der Waals surface area contributed by atoms with Crippen molar-refractivity contribution in [1.29, 1.82) is 0 Å². The van der Waals surface area contributed by atoms with Crippen molar-refractivity contribution in [2.24, 2.45) is 0 Å². The van der Waals surface area contributed by atoms with E-state index in [2.05, 4.69) is 10.6 Å². The summed E-state index contributed by atoms with van der Waals surface area (Å²) in [5.41, 5.74) is 0. The summed E-state index contributed by atoms with van der Waals surface area (Å²) >= 11 is 0. The molecule has 6 heteroatoms. The second-order valence-electron chi connectivity index (χ2n) is 4.82. The minimum absolute atomic E-state index is 0.0149. The van der Waals surface area contributed by atoms with Crippen LogP contribution < -0.4 is 10.6 Å². The van der Waals surface area contributed by atoms with Crippen LogP contribution in [0.15, 0.2) is 0 Å². The van der Waals surface area contributed by atoms with Crippen LogP contribution in [-0.2, 0) is 9.59 Å². The number of amides is 2. The van der Waals surface area contributed by atoms with Crippen LogP contribution >= 0.6 is 0 Å². The molecule has 1 unspecified atom stereocenters. The lowest BCUT2D eigenvalue weighted by Gasteiger charge is -2.38. The maximum atomic E-state index is 12.0. The highest BCUT2D eigenvalue weighted by molar-refractivity contribution is 5.84. The molecule has 2 aliphatic heterocycles. The van der Waals surface area contributed by atoms with Crippen LogP contribution in [0.3, 0.4) is 0 Å². The average Bonchev–Trinajstić information content (AvgIpc) is 2.27. The summed E-state index contributed by atoms with van der Waals surface area (Å²) < 4.78 is 0. The Morgan fingerprint density at radius 3 is 2.72 bits per heavy atom. The first-order chi connectivity index (χ1) is 8.72. The van der Waals surface area contributed by atoms with Crippen LogP contribution in [-0.4, -0.2) is 73.5 Å². The fraction of sp³-hybridized carbons (Fsp3) is 0.833. The maximum Gasteiger partial charge on any atom is 0.238 e. The Hall–Kier alpha value is -1.14. The van der Waals surface area contributed by atoms with Crippen molar-refractivity contribution in [3.05, 3.63) is 0 Å². The van der Waals surface area contributed by atoms with Gasteiger partial charge in [0, 0.05) is 39.3 Å². The second kappa shape index (κ2) is 6.15. The molecule has 0 bridgehead atoms. The summed E-state index contributed by atoms with van der Waals surface area (Å²) in [7, 11) is 0. The first kappa shape index (κ1) is 13.3. The Morgan fingerprint density at radius 1 is 1.33 bits per heavy atom. The maximum absolute atomic E-state index is 12.0. The van der Waals surface area contributed by atoms with E-state index >= 15 is 0 Å². The third-order valence-electron chi connectivity index (χ3n) is 3.56. The van der Waals surface area contributed by atoms with Crippen LogP contribution in [0.4, 0.5) is 0 Å². The molecule has 2 rings (SSSR count). The average molecular weight is 254 g/mol. The Labute approximate surface area is 108 Å². The predicted octanol–water partition coefficient (Wildman–Crippen LogP) is -1.37. The zero-order valence-corrected chi connectivity index (χ0v) is 10.9. The number of likely N-dealkylation sites (N-methyl/N-ethyl adjacent to an activating group) is 1. The molecule has 2 amide bonds. The van der Waals surface area contributed by atoms with E-state index in [-0.39, 0.29) is 17.9 Å². The number of carbonyl (C=O) groups excluding carboxylic acids is 2. The van der Waals surface area contributed by atoms with Gasteiger partial charge in [0.15, 0.2) is 0 Å². The quantitative estimate of drug-likeness (QED) is 0.649. The number of carbonyl (C=O) groups is 2. The SMILES string of the molecule is CCNC(=O)C1CNCCN1CC(=O)N1CCC1. The van der Waals surface area contributed by atoms with Crippen LogP contribution in [0.2, 0.25) is 0 Å².